The number of rotatable bonds is 2. The predicted octanol–water partition coefficient (Wildman–Crippen LogP) is 1.93. The SMILES string of the molecule is CCOC(=O)NC(=O)Oc1ccccc1. The number of ether oxygens (including phenoxy) is 2. The molecule has 1 N–H and O–H groups in total. The molecule has 0 atom stereocenters. The lowest BCUT2D eigenvalue weighted by molar-refractivity contribution is 0.146. The normalized spacial score (nSPS) is 9.13. The summed E-state index contributed by atoms with van der Waals surface area (Å²) in [5.41, 5.74) is 0. The Morgan fingerprint density at radius 2 is 1.87 bits per heavy atom. The number of carbonyl (C=O) groups is 2. The molecule has 0 aliphatic rings. The second-order valence-electron chi connectivity index (χ2n) is 2.55. The van der Waals surface area contributed by atoms with Crippen LogP contribution in [0.4, 0.5) is 9.59 Å². The third-order valence-electron chi connectivity index (χ3n) is 1.43. The number of para-hydroxylation sites is 1. The highest BCUT2D eigenvalue weighted by atomic mass is 16.6. The summed E-state index contributed by atoms with van der Waals surface area (Å²) in [6.45, 7) is 1.84. The number of hydrogen-bond donors (Lipinski definition) is 1. The van der Waals surface area contributed by atoms with E-state index in [1.54, 1.807) is 37.3 Å². The van der Waals surface area contributed by atoms with Crippen molar-refractivity contribution in [3.05, 3.63) is 30.3 Å². The van der Waals surface area contributed by atoms with E-state index in [1.807, 2.05) is 5.32 Å². The summed E-state index contributed by atoms with van der Waals surface area (Å²) in [6, 6.07) is 8.42. The first-order valence-corrected chi connectivity index (χ1v) is 4.43. The van der Waals surface area contributed by atoms with E-state index in [0.29, 0.717) is 5.75 Å². The molecule has 0 heterocycles. The smallest absolute Gasteiger partial charge is 0.422 e. The van der Waals surface area contributed by atoms with E-state index in [1.165, 1.54) is 0 Å². The van der Waals surface area contributed by atoms with Gasteiger partial charge >= 0.3 is 12.2 Å². The van der Waals surface area contributed by atoms with Crippen molar-refractivity contribution >= 4 is 12.2 Å². The molecule has 80 valence electrons. The molecule has 0 bridgehead atoms. The lowest BCUT2D eigenvalue weighted by atomic mass is 10.3. The van der Waals surface area contributed by atoms with Gasteiger partial charge in [-0.2, -0.15) is 0 Å². The second kappa shape index (κ2) is 5.64. The maximum atomic E-state index is 11.1. The molecule has 0 spiro atoms. The summed E-state index contributed by atoms with van der Waals surface area (Å²) in [6.07, 6.45) is -1.68. The minimum Gasteiger partial charge on any atom is -0.449 e. The van der Waals surface area contributed by atoms with Crippen LogP contribution in [0.3, 0.4) is 0 Å². The number of hydrogen-bond acceptors (Lipinski definition) is 4. The Morgan fingerprint density at radius 1 is 1.20 bits per heavy atom. The molecule has 0 saturated carbocycles. The van der Waals surface area contributed by atoms with Crippen LogP contribution in [0.1, 0.15) is 6.92 Å². The Balaban J connectivity index is 2.40. The fourth-order valence-electron chi connectivity index (χ4n) is 0.872. The van der Waals surface area contributed by atoms with E-state index in [4.69, 9.17) is 4.74 Å². The van der Waals surface area contributed by atoms with E-state index in [2.05, 4.69) is 4.74 Å². The van der Waals surface area contributed by atoms with Gasteiger partial charge in [-0.15, -0.1) is 0 Å². The minimum atomic E-state index is -0.861. The molecule has 2 amide bonds. The Labute approximate surface area is 87.0 Å². The highest BCUT2D eigenvalue weighted by Crippen LogP contribution is 2.07. The summed E-state index contributed by atoms with van der Waals surface area (Å²) in [4.78, 5) is 21.9. The summed E-state index contributed by atoms with van der Waals surface area (Å²) in [5, 5.41) is 1.91. The first-order valence-electron chi connectivity index (χ1n) is 4.43. The van der Waals surface area contributed by atoms with Crippen LogP contribution < -0.4 is 10.1 Å². The van der Waals surface area contributed by atoms with Crippen molar-refractivity contribution in [3.8, 4) is 5.75 Å². The topological polar surface area (TPSA) is 64.6 Å². The number of alkyl carbamates (subject to hydrolysis) is 1. The standard InChI is InChI=1S/C10H11NO4/c1-2-14-9(12)11-10(13)15-8-6-4-3-5-7-8/h3-7H,2H2,1H3,(H,11,12,13). The molecule has 0 saturated heterocycles. The number of nitrogens with one attached hydrogen (secondary N) is 1. The van der Waals surface area contributed by atoms with Crippen LogP contribution in [-0.4, -0.2) is 18.8 Å². The summed E-state index contributed by atoms with van der Waals surface area (Å²) in [7, 11) is 0. The van der Waals surface area contributed by atoms with Crippen molar-refractivity contribution in [2.75, 3.05) is 6.61 Å². The molecule has 1 rings (SSSR count). The van der Waals surface area contributed by atoms with Gasteiger partial charge in [0.2, 0.25) is 0 Å². The van der Waals surface area contributed by atoms with E-state index in [9.17, 15) is 9.59 Å². The third-order valence-corrected chi connectivity index (χ3v) is 1.43. The average molecular weight is 209 g/mol. The van der Waals surface area contributed by atoms with Crippen LogP contribution in [0.25, 0.3) is 0 Å². The molecule has 0 radical (unpaired) electrons. The number of amides is 2. The quantitative estimate of drug-likeness (QED) is 0.808. The van der Waals surface area contributed by atoms with Gasteiger partial charge in [0.25, 0.3) is 0 Å². The van der Waals surface area contributed by atoms with E-state index in [0.717, 1.165) is 0 Å². The second-order valence-corrected chi connectivity index (χ2v) is 2.55. The van der Waals surface area contributed by atoms with Crippen molar-refractivity contribution in [1.29, 1.82) is 0 Å². The van der Waals surface area contributed by atoms with Gasteiger partial charge in [-0.05, 0) is 19.1 Å². The highest BCUT2D eigenvalue weighted by molar-refractivity contribution is 5.88. The zero-order chi connectivity index (χ0) is 11.1. The molecule has 0 aliphatic carbocycles. The molecule has 15 heavy (non-hydrogen) atoms. The summed E-state index contributed by atoms with van der Waals surface area (Å²) >= 11 is 0. The van der Waals surface area contributed by atoms with Crippen LogP contribution in [0, 0.1) is 0 Å². The molecule has 1 aromatic carbocycles. The van der Waals surface area contributed by atoms with Gasteiger partial charge in [0.05, 0.1) is 6.61 Å². The average Bonchev–Trinajstić information content (AvgIpc) is 2.19. The lowest BCUT2D eigenvalue weighted by Gasteiger charge is -2.04. The minimum absolute atomic E-state index is 0.199. The van der Waals surface area contributed by atoms with Gasteiger partial charge in [-0.3, -0.25) is 0 Å². The maximum Gasteiger partial charge on any atom is 0.422 e. The number of benzene rings is 1. The Hall–Kier alpha value is -2.04. The van der Waals surface area contributed by atoms with Crippen molar-refractivity contribution < 1.29 is 19.1 Å². The Kier molecular flexibility index (Phi) is 4.15. The predicted molar refractivity (Wildman–Crippen MR) is 52.6 cm³/mol. The fourth-order valence-corrected chi connectivity index (χ4v) is 0.872. The van der Waals surface area contributed by atoms with Gasteiger partial charge in [-0.25, -0.2) is 14.9 Å². The molecule has 5 nitrogen and oxygen atoms in total. The molecule has 0 unspecified atom stereocenters. The molecular formula is C10H11NO4. The van der Waals surface area contributed by atoms with E-state index in [-0.39, 0.29) is 6.61 Å². The Morgan fingerprint density at radius 3 is 2.47 bits per heavy atom. The van der Waals surface area contributed by atoms with E-state index < -0.39 is 12.2 Å². The van der Waals surface area contributed by atoms with Crippen LogP contribution in [0.5, 0.6) is 5.75 Å². The van der Waals surface area contributed by atoms with Crippen LogP contribution in [-0.2, 0) is 4.74 Å². The maximum absolute atomic E-state index is 11.1. The highest BCUT2D eigenvalue weighted by Gasteiger charge is 2.09. The van der Waals surface area contributed by atoms with Crippen molar-refractivity contribution in [3.63, 3.8) is 0 Å². The molecule has 0 aromatic heterocycles. The zero-order valence-electron chi connectivity index (χ0n) is 8.23. The monoisotopic (exact) mass is 209 g/mol. The summed E-state index contributed by atoms with van der Waals surface area (Å²) < 4.78 is 9.28. The van der Waals surface area contributed by atoms with Gasteiger partial charge < -0.3 is 9.47 Å². The number of carbonyl (C=O) groups excluding carboxylic acids is 2. The van der Waals surface area contributed by atoms with Crippen molar-refractivity contribution in [1.82, 2.24) is 5.32 Å². The lowest BCUT2D eigenvalue weighted by Crippen LogP contribution is -2.33. The summed E-state index contributed by atoms with van der Waals surface area (Å²) in [5.74, 6) is 0.360. The van der Waals surface area contributed by atoms with Crippen molar-refractivity contribution in [2.45, 2.75) is 6.92 Å². The van der Waals surface area contributed by atoms with Crippen LogP contribution in [0.2, 0.25) is 0 Å². The van der Waals surface area contributed by atoms with Crippen LogP contribution >= 0.6 is 0 Å². The van der Waals surface area contributed by atoms with Gasteiger partial charge in [0.15, 0.2) is 0 Å². The Bertz CT molecular complexity index is 337. The fraction of sp³-hybridized carbons (Fsp3) is 0.200. The first kappa shape index (κ1) is 11.0. The van der Waals surface area contributed by atoms with Gasteiger partial charge in [-0.1, -0.05) is 18.2 Å². The molecular weight excluding hydrogens is 198 g/mol. The zero-order valence-corrected chi connectivity index (χ0v) is 8.23. The first-order chi connectivity index (χ1) is 7.22. The molecule has 0 fully saturated rings. The van der Waals surface area contributed by atoms with Gasteiger partial charge in [0.1, 0.15) is 5.75 Å². The largest absolute Gasteiger partial charge is 0.449 e. The third kappa shape index (κ3) is 4.12. The van der Waals surface area contributed by atoms with Crippen LogP contribution in [0.15, 0.2) is 30.3 Å². The molecule has 5 heteroatoms. The van der Waals surface area contributed by atoms with Crippen molar-refractivity contribution in [2.24, 2.45) is 0 Å². The molecule has 0 aliphatic heterocycles. The van der Waals surface area contributed by atoms with E-state index >= 15 is 0 Å². The molecule has 1 aromatic rings. The van der Waals surface area contributed by atoms with Gasteiger partial charge in [0, 0.05) is 0 Å². The number of imide groups is 1.